The summed E-state index contributed by atoms with van der Waals surface area (Å²) in [6.07, 6.45) is 0.831. The molecule has 0 radical (unpaired) electrons. The maximum atomic E-state index is 13.7. The number of aryl methyl sites for hydroxylation is 1. The molecule has 2 amide bonds. The third-order valence-corrected chi connectivity index (χ3v) is 10.5. The number of likely N-dealkylation sites (N-methyl/N-ethyl adjacent to an activating group) is 1. The first-order valence-electron chi connectivity index (χ1n) is 15.0. The van der Waals surface area contributed by atoms with Crippen LogP contribution in [0.2, 0.25) is 0 Å². The minimum Gasteiger partial charge on any atom is -0.507 e. The topological polar surface area (TPSA) is 136 Å². The predicted molar refractivity (Wildman–Crippen MR) is 160 cm³/mol. The summed E-state index contributed by atoms with van der Waals surface area (Å²) < 4.78 is 17.4. The van der Waals surface area contributed by atoms with Gasteiger partial charge in [0.15, 0.2) is 23.0 Å². The van der Waals surface area contributed by atoms with Crippen LogP contribution < -0.4 is 14.2 Å². The first-order valence-corrected chi connectivity index (χ1v) is 15.0. The number of fused-ring (bicyclic) bond motifs is 10. The highest BCUT2D eigenvalue weighted by molar-refractivity contribution is 6.21. The van der Waals surface area contributed by atoms with E-state index in [4.69, 9.17) is 14.2 Å². The Kier molecular flexibility index (Phi) is 5.92. The summed E-state index contributed by atoms with van der Waals surface area (Å²) in [4.78, 5) is 32.8. The molecule has 3 aromatic rings. The van der Waals surface area contributed by atoms with Gasteiger partial charge in [-0.25, -0.2) is 0 Å². The van der Waals surface area contributed by atoms with Gasteiger partial charge in [-0.1, -0.05) is 18.2 Å². The number of hydrogen-bond acceptors (Lipinski definition) is 10. The fourth-order valence-corrected chi connectivity index (χ4v) is 8.60. The molecule has 0 saturated carbocycles. The lowest BCUT2D eigenvalue weighted by molar-refractivity contribution is -0.0758. The zero-order chi connectivity index (χ0) is 31.5. The van der Waals surface area contributed by atoms with E-state index in [0.717, 1.165) is 16.7 Å². The molecule has 11 nitrogen and oxygen atoms in total. The van der Waals surface area contributed by atoms with Crippen molar-refractivity contribution in [1.29, 1.82) is 5.26 Å². The first-order chi connectivity index (χ1) is 21.7. The van der Waals surface area contributed by atoms with E-state index in [9.17, 15) is 25.1 Å². The number of ether oxygens (including phenoxy) is 3. The predicted octanol–water partition coefficient (Wildman–Crippen LogP) is 3.52. The number of hydrogen-bond donors (Lipinski definition) is 2. The number of amides is 2. The lowest BCUT2D eigenvalue weighted by Gasteiger charge is -2.60. The second-order valence-corrected chi connectivity index (χ2v) is 12.5. The highest BCUT2D eigenvalue weighted by Crippen LogP contribution is 2.58. The van der Waals surface area contributed by atoms with E-state index in [0.29, 0.717) is 57.9 Å². The Bertz CT molecular complexity index is 1850. The van der Waals surface area contributed by atoms with Crippen LogP contribution in [0.3, 0.4) is 0 Å². The molecule has 3 aromatic carbocycles. The van der Waals surface area contributed by atoms with Gasteiger partial charge < -0.3 is 24.4 Å². The number of imide groups is 1. The van der Waals surface area contributed by atoms with Gasteiger partial charge in [0.2, 0.25) is 6.79 Å². The zero-order valence-corrected chi connectivity index (χ0v) is 25.3. The minimum atomic E-state index is -0.706. The van der Waals surface area contributed by atoms with Crippen molar-refractivity contribution in [1.82, 2.24) is 14.7 Å². The number of rotatable bonds is 3. The van der Waals surface area contributed by atoms with Gasteiger partial charge in [0, 0.05) is 40.9 Å². The highest BCUT2D eigenvalue weighted by Gasteiger charge is 2.57. The zero-order valence-electron chi connectivity index (χ0n) is 25.3. The fraction of sp³-hybridized carbons (Fsp3) is 0.382. The number of aromatic hydroxyl groups is 2. The van der Waals surface area contributed by atoms with Crippen molar-refractivity contribution in [3.8, 4) is 34.8 Å². The third-order valence-electron chi connectivity index (χ3n) is 10.5. The van der Waals surface area contributed by atoms with Crippen LogP contribution >= 0.6 is 0 Å². The van der Waals surface area contributed by atoms with Crippen molar-refractivity contribution in [2.24, 2.45) is 0 Å². The van der Waals surface area contributed by atoms with Crippen molar-refractivity contribution in [3.63, 3.8) is 0 Å². The fourth-order valence-electron chi connectivity index (χ4n) is 8.60. The number of carbonyl (C=O) groups excluding carboxylic acids is 2. The number of phenols is 2. The average molecular weight is 609 g/mol. The van der Waals surface area contributed by atoms with Gasteiger partial charge in [0.05, 0.1) is 36.4 Å². The van der Waals surface area contributed by atoms with Crippen LogP contribution in [0.25, 0.3) is 0 Å². The summed E-state index contributed by atoms with van der Waals surface area (Å²) in [5.74, 6) is 0.583. The Balaban J connectivity index is 1.35. The van der Waals surface area contributed by atoms with Crippen LogP contribution in [0.1, 0.15) is 66.2 Å². The molecule has 8 rings (SSSR count). The molecular formula is C34H32N4O7. The van der Waals surface area contributed by atoms with Crippen molar-refractivity contribution < 1.29 is 34.0 Å². The largest absolute Gasteiger partial charge is 0.507 e. The van der Waals surface area contributed by atoms with E-state index in [1.54, 1.807) is 31.2 Å². The molecule has 0 aliphatic carbocycles. The van der Waals surface area contributed by atoms with Gasteiger partial charge in [0.25, 0.3) is 11.8 Å². The first kappa shape index (κ1) is 27.7. The summed E-state index contributed by atoms with van der Waals surface area (Å²) in [6.45, 7) is 3.56. The normalized spacial score (nSPS) is 26.2. The molecule has 0 spiro atoms. The molecule has 2 N–H and O–H groups in total. The van der Waals surface area contributed by atoms with Crippen LogP contribution in [-0.2, 0) is 12.8 Å². The number of carbonyl (C=O) groups is 2. The third kappa shape index (κ3) is 3.52. The molecular weight excluding hydrogens is 576 g/mol. The van der Waals surface area contributed by atoms with Crippen molar-refractivity contribution in [3.05, 3.63) is 74.8 Å². The number of phenolic OH excluding ortho intramolecular Hbond substituents is 2. The number of nitrogens with zero attached hydrogens (tertiary/aromatic N) is 4. The lowest BCUT2D eigenvalue weighted by atomic mass is 9.71. The average Bonchev–Trinajstić information content (AvgIpc) is 3.60. The minimum absolute atomic E-state index is 0.0364. The Hall–Kier alpha value is -4.79. The Morgan fingerprint density at radius 1 is 1.00 bits per heavy atom. The summed E-state index contributed by atoms with van der Waals surface area (Å²) in [6, 6.07) is 8.91. The number of piperazine rings is 1. The molecule has 1 fully saturated rings. The van der Waals surface area contributed by atoms with E-state index >= 15 is 0 Å². The van der Waals surface area contributed by atoms with Gasteiger partial charge in [-0.2, -0.15) is 5.26 Å². The Morgan fingerprint density at radius 3 is 2.36 bits per heavy atom. The Labute approximate surface area is 259 Å². The van der Waals surface area contributed by atoms with Crippen molar-refractivity contribution in [2.45, 2.75) is 56.9 Å². The second-order valence-electron chi connectivity index (χ2n) is 12.5. The van der Waals surface area contributed by atoms with Gasteiger partial charge in [-0.15, -0.1) is 0 Å². The molecule has 5 aliphatic heterocycles. The molecule has 2 bridgehead atoms. The molecule has 0 unspecified atom stereocenters. The van der Waals surface area contributed by atoms with Crippen molar-refractivity contribution >= 4 is 11.8 Å². The number of benzene rings is 3. The molecule has 5 aliphatic rings. The lowest BCUT2D eigenvalue weighted by Crippen LogP contribution is -2.68. The molecule has 1 saturated heterocycles. The maximum Gasteiger partial charge on any atom is 0.261 e. The van der Waals surface area contributed by atoms with E-state index in [-0.39, 0.29) is 36.9 Å². The smallest absolute Gasteiger partial charge is 0.261 e. The molecule has 45 heavy (non-hydrogen) atoms. The standard InChI is InChI=1S/C34H32N4O7/c1-15-9-17-10-21-23(12-35)38-22(27(36(21)3)25(17)29(40)30(15)43-4)11-20-26(32-31(44-14-45-32)16(2)28(20)39)24(38)13-37-33(41)18-7-5-6-8-19(18)34(37)42/h5-9,21-24,27,39-40H,10-11,13-14H2,1-4H3/t21-,22-,23-,24-,27-/m0/s1. The van der Waals surface area contributed by atoms with Gasteiger partial charge >= 0.3 is 0 Å². The van der Waals surface area contributed by atoms with Crippen LogP contribution in [0.15, 0.2) is 30.3 Å². The highest BCUT2D eigenvalue weighted by atomic mass is 16.7. The van der Waals surface area contributed by atoms with E-state index in [1.165, 1.54) is 12.0 Å². The molecule has 5 atom stereocenters. The van der Waals surface area contributed by atoms with Gasteiger partial charge in [0.1, 0.15) is 11.8 Å². The molecule has 0 aromatic heterocycles. The quantitative estimate of drug-likeness (QED) is 0.425. The Morgan fingerprint density at radius 2 is 1.69 bits per heavy atom. The maximum absolute atomic E-state index is 13.7. The molecule has 11 heteroatoms. The second kappa shape index (κ2) is 9.60. The van der Waals surface area contributed by atoms with Crippen LogP contribution in [0.4, 0.5) is 0 Å². The monoisotopic (exact) mass is 608 g/mol. The van der Waals surface area contributed by atoms with Crippen molar-refractivity contribution in [2.75, 3.05) is 27.5 Å². The van der Waals surface area contributed by atoms with Crippen LogP contribution in [0, 0.1) is 25.2 Å². The SMILES string of the molecule is COc1c(C)cc2c(c1O)[C@@H]1[C@@H]3Cc4c(O)c(C)c5c(c4[C@H](CN4C(=O)c6ccccc6C4=O)N3[C@@H](C#N)[C@H](C2)N1C)OCO5. The molecule has 5 heterocycles. The summed E-state index contributed by atoms with van der Waals surface area (Å²) in [7, 11) is 3.49. The number of nitriles is 1. The van der Waals surface area contributed by atoms with E-state index in [2.05, 4.69) is 15.9 Å². The van der Waals surface area contributed by atoms with Crippen LogP contribution in [-0.4, -0.2) is 82.3 Å². The number of methoxy groups -OCH3 is 1. The molecule has 230 valence electrons. The summed E-state index contributed by atoms with van der Waals surface area (Å²) >= 11 is 0. The van der Waals surface area contributed by atoms with E-state index < -0.39 is 29.9 Å². The van der Waals surface area contributed by atoms with E-state index in [1.807, 2.05) is 20.0 Å². The van der Waals surface area contributed by atoms with Crippen LogP contribution in [0.5, 0.6) is 28.7 Å². The summed E-state index contributed by atoms with van der Waals surface area (Å²) in [5, 5.41) is 34.1. The summed E-state index contributed by atoms with van der Waals surface area (Å²) in [5.41, 5.74) is 4.92. The van der Waals surface area contributed by atoms with Gasteiger partial charge in [-0.05, 0) is 57.0 Å². The van der Waals surface area contributed by atoms with Gasteiger partial charge in [-0.3, -0.25) is 24.3 Å².